The third-order valence-electron chi connectivity index (χ3n) is 2.92. The van der Waals surface area contributed by atoms with Crippen LogP contribution >= 0.6 is 0 Å². The monoisotopic (exact) mass is 386 g/mol. The Hall–Kier alpha value is 0.309. The zero-order valence-electron chi connectivity index (χ0n) is 11.6. The summed E-state index contributed by atoms with van der Waals surface area (Å²) in [4.78, 5) is 12.3. The van der Waals surface area contributed by atoms with Crippen LogP contribution in [0.2, 0.25) is 10.6 Å². The zero-order valence-corrected chi connectivity index (χ0v) is 15.0. The molecule has 18 heavy (non-hydrogen) atoms. The summed E-state index contributed by atoms with van der Waals surface area (Å²) in [6.07, 6.45) is 8.65. The maximum atomic E-state index is 12.3. The first-order chi connectivity index (χ1) is 8.77. The van der Waals surface area contributed by atoms with Gasteiger partial charge < -0.3 is 0 Å². The van der Waals surface area contributed by atoms with Gasteiger partial charge >= 0.3 is 125 Å². The zero-order chi connectivity index (χ0) is 13.2. The van der Waals surface area contributed by atoms with Gasteiger partial charge in [0.2, 0.25) is 0 Å². The van der Waals surface area contributed by atoms with E-state index in [0.29, 0.717) is 36.4 Å². The van der Waals surface area contributed by atoms with Crippen molar-refractivity contribution in [2.45, 2.75) is 75.5 Å². The molecule has 1 fully saturated rings. The van der Waals surface area contributed by atoms with Crippen molar-refractivity contribution in [2.24, 2.45) is 0 Å². The van der Waals surface area contributed by atoms with E-state index in [2.05, 4.69) is 22.1 Å². The molecular formula is C13H26N2OSe2. The molecule has 0 heterocycles. The second-order valence-corrected chi connectivity index (χ2v) is 10.2. The average molecular weight is 384 g/mol. The summed E-state index contributed by atoms with van der Waals surface area (Å²) in [6.45, 7) is 4.40. The van der Waals surface area contributed by atoms with Crippen LogP contribution in [0, 0.1) is 0 Å². The number of hydrogen-bond donors (Lipinski definition) is 1. The van der Waals surface area contributed by atoms with Crippen molar-refractivity contribution >= 4 is 36.4 Å². The molecule has 0 spiro atoms. The predicted molar refractivity (Wildman–Crippen MR) is 78.9 cm³/mol. The van der Waals surface area contributed by atoms with Gasteiger partial charge in [0, 0.05) is 0 Å². The van der Waals surface area contributed by atoms with Crippen LogP contribution in [0.1, 0.15) is 58.8 Å². The average Bonchev–Trinajstić information content (AvgIpc) is 2.40. The Morgan fingerprint density at radius 2 is 1.67 bits per heavy atom. The minimum atomic E-state index is 0.226. The van der Waals surface area contributed by atoms with E-state index in [1.807, 2.05) is 0 Å². The Kier molecular flexibility index (Phi) is 9.22. The first kappa shape index (κ1) is 16.4. The summed E-state index contributed by atoms with van der Waals surface area (Å²) in [6, 6.07) is 0.674. The van der Waals surface area contributed by atoms with Crippen molar-refractivity contribution in [3.63, 3.8) is 0 Å². The molecule has 3 nitrogen and oxygen atoms in total. The SMILES string of the molecule is CCC[Se]N([Se]CCC)C(=O)NC1CCCCC1. The Bertz CT molecular complexity index is 225. The molecule has 2 amide bonds. The van der Waals surface area contributed by atoms with Crippen molar-refractivity contribution < 1.29 is 4.79 Å². The van der Waals surface area contributed by atoms with Crippen molar-refractivity contribution in [1.29, 1.82) is 0 Å². The molecule has 5 heteroatoms. The van der Waals surface area contributed by atoms with Gasteiger partial charge in [-0.15, -0.1) is 0 Å². The van der Waals surface area contributed by atoms with Crippen molar-refractivity contribution in [3.05, 3.63) is 0 Å². The number of amides is 2. The number of hydrogen-bond acceptors (Lipinski definition) is 1. The Balaban J connectivity index is 2.35. The molecular weight excluding hydrogens is 358 g/mol. The molecule has 0 aromatic heterocycles. The minimum absolute atomic E-state index is 0.226. The van der Waals surface area contributed by atoms with Gasteiger partial charge in [-0.1, -0.05) is 0 Å². The van der Waals surface area contributed by atoms with E-state index in [4.69, 9.17) is 0 Å². The van der Waals surface area contributed by atoms with Gasteiger partial charge in [-0.25, -0.2) is 0 Å². The van der Waals surface area contributed by atoms with Gasteiger partial charge in [0.05, 0.1) is 0 Å². The Labute approximate surface area is 125 Å². The first-order valence-electron chi connectivity index (χ1n) is 7.14. The van der Waals surface area contributed by atoms with Gasteiger partial charge in [-0.05, 0) is 0 Å². The van der Waals surface area contributed by atoms with E-state index in [9.17, 15) is 4.79 Å². The molecule has 0 radical (unpaired) electrons. The van der Waals surface area contributed by atoms with Crippen LogP contribution < -0.4 is 5.32 Å². The maximum absolute atomic E-state index is 12.3. The van der Waals surface area contributed by atoms with E-state index < -0.39 is 0 Å². The number of rotatable bonds is 7. The summed E-state index contributed by atoms with van der Waals surface area (Å²) >= 11 is 0.728. The number of carbonyl (C=O) groups excluding carboxylic acids is 1. The summed E-state index contributed by atoms with van der Waals surface area (Å²) in [7, 11) is 0. The van der Waals surface area contributed by atoms with E-state index in [1.54, 1.807) is 0 Å². The van der Waals surface area contributed by atoms with Gasteiger partial charge in [0.25, 0.3) is 0 Å². The van der Waals surface area contributed by atoms with Gasteiger partial charge in [-0.3, -0.25) is 0 Å². The number of carbonyl (C=O) groups is 1. The quantitative estimate of drug-likeness (QED) is 0.672. The number of nitrogens with zero attached hydrogens (tertiary/aromatic N) is 1. The fourth-order valence-electron chi connectivity index (χ4n) is 1.98. The van der Waals surface area contributed by atoms with Crippen molar-refractivity contribution in [3.8, 4) is 0 Å². The van der Waals surface area contributed by atoms with E-state index in [-0.39, 0.29) is 6.03 Å². The van der Waals surface area contributed by atoms with Crippen molar-refractivity contribution in [1.82, 2.24) is 8.25 Å². The van der Waals surface area contributed by atoms with Gasteiger partial charge in [0.15, 0.2) is 0 Å². The molecule has 0 bridgehead atoms. The molecule has 1 aliphatic rings. The Morgan fingerprint density at radius 3 is 2.17 bits per heavy atom. The second kappa shape index (κ2) is 10.1. The third-order valence-corrected chi connectivity index (χ3v) is 9.38. The number of nitrogens with one attached hydrogen (secondary N) is 1. The van der Waals surface area contributed by atoms with Crippen LogP contribution in [0.4, 0.5) is 4.79 Å². The molecule has 0 aliphatic heterocycles. The molecule has 0 unspecified atom stereocenters. The van der Waals surface area contributed by atoms with Gasteiger partial charge in [0.1, 0.15) is 0 Å². The topological polar surface area (TPSA) is 32.3 Å². The molecule has 0 saturated heterocycles. The predicted octanol–water partition coefficient (Wildman–Crippen LogP) is 3.23. The molecule has 0 aromatic carbocycles. The second-order valence-electron chi connectivity index (χ2n) is 4.71. The standard InChI is InChI=1S/C13H26N2OSe2/c1-3-10-17-15(18-11-4-2)13(16)14-12-8-6-5-7-9-12/h12H,3-11H2,1-2H3,(H,14,16). The first-order valence-corrected chi connectivity index (χ1v) is 11.1. The van der Waals surface area contributed by atoms with Crippen LogP contribution in [0.5, 0.6) is 0 Å². The molecule has 0 aromatic rings. The molecule has 1 aliphatic carbocycles. The fourth-order valence-corrected chi connectivity index (χ4v) is 6.75. The normalized spacial score (nSPS) is 16.6. The summed E-state index contributed by atoms with van der Waals surface area (Å²) in [5, 5.41) is 5.64. The van der Waals surface area contributed by atoms with Gasteiger partial charge in [-0.2, -0.15) is 0 Å². The molecule has 1 saturated carbocycles. The van der Waals surface area contributed by atoms with Crippen LogP contribution in [0.15, 0.2) is 0 Å². The fraction of sp³-hybridized carbons (Fsp3) is 0.923. The van der Waals surface area contributed by atoms with E-state index in [1.165, 1.54) is 55.6 Å². The van der Waals surface area contributed by atoms with Crippen LogP contribution in [-0.4, -0.2) is 45.4 Å². The van der Waals surface area contributed by atoms with E-state index >= 15 is 0 Å². The van der Waals surface area contributed by atoms with E-state index in [0.717, 1.165) is 0 Å². The molecule has 0 atom stereocenters. The van der Waals surface area contributed by atoms with Crippen LogP contribution in [0.25, 0.3) is 0 Å². The summed E-state index contributed by atoms with van der Waals surface area (Å²) in [5.41, 5.74) is 0. The Morgan fingerprint density at radius 1 is 1.11 bits per heavy atom. The number of urea groups is 1. The summed E-state index contributed by atoms with van der Waals surface area (Å²) < 4.78 is 2.14. The van der Waals surface area contributed by atoms with Crippen LogP contribution in [0.3, 0.4) is 0 Å². The summed E-state index contributed by atoms with van der Waals surface area (Å²) in [5.74, 6) is 0. The molecule has 106 valence electrons. The molecule has 1 N–H and O–H groups in total. The molecule has 1 rings (SSSR count). The van der Waals surface area contributed by atoms with Crippen LogP contribution in [-0.2, 0) is 0 Å². The van der Waals surface area contributed by atoms with Crippen molar-refractivity contribution in [2.75, 3.05) is 0 Å². The third kappa shape index (κ3) is 6.47.